The van der Waals surface area contributed by atoms with Crippen LogP contribution in [0.15, 0.2) is 11.1 Å². The Labute approximate surface area is 124 Å². The summed E-state index contributed by atoms with van der Waals surface area (Å²) in [5.74, 6) is 0. The van der Waals surface area contributed by atoms with Crippen molar-refractivity contribution in [2.24, 2.45) is 0 Å². The Bertz CT molecular complexity index is 627. The smallest absolute Gasteiger partial charge is 0.262 e. The minimum Gasteiger partial charge on any atom is -0.299 e. The molecule has 0 N–H and O–H groups in total. The summed E-state index contributed by atoms with van der Waals surface area (Å²) in [6, 6.07) is 0. The van der Waals surface area contributed by atoms with E-state index >= 15 is 0 Å². The van der Waals surface area contributed by atoms with E-state index in [2.05, 4.69) is 18.8 Å². The van der Waals surface area contributed by atoms with E-state index in [1.807, 2.05) is 6.92 Å². The van der Waals surface area contributed by atoms with Gasteiger partial charge in [-0.05, 0) is 25.8 Å². The molecule has 3 nitrogen and oxygen atoms in total. The molecule has 0 aliphatic heterocycles. The number of hydrogen-bond donors (Lipinski definition) is 0. The highest BCUT2D eigenvalue weighted by Gasteiger charge is 2.11. The van der Waals surface area contributed by atoms with E-state index in [0.29, 0.717) is 0 Å². The quantitative estimate of drug-likeness (QED) is 0.707. The first kappa shape index (κ1) is 15.2. The summed E-state index contributed by atoms with van der Waals surface area (Å²) in [6.07, 6.45) is 9.16. The number of fused-ring (bicyclic) bond motifs is 1. The van der Waals surface area contributed by atoms with Crippen molar-refractivity contribution in [1.82, 2.24) is 9.55 Å². The summed E-state index contributed by atoms with van der Waals surface area (Å²) in [6.45, 7) is 7.10. The molecule has 4 heteroatoms. The van der Waals surface area contributed by atoms with Gasteiger partial charge >= 0.3 is 0 Å². The normalized spacial score (nSPS) is 11.3. The predicted octanol–water partition coefficient (Wildman–Crippen LogP) is 4.44. The minimum absolute atomic E-state index is 0.130. The standard InChI is InChI=1S/C16H24N2OS/c1-4-5-6-7-8-9-10-18-11-17-15-14(16(18)19)12(2)13(3)20-15/h11H,4-10H2,1-3H3. The zero-order valence-electron chi connectivity index (χ0n) is 12.7. The molecule has 0 aliphatic rings. The first-order chi connectivity index (χ1) is 9.65. The van der Waals surface area contributed by atoms with Crippen molar-refractivity contribution in [1.29, 1.82) is 0 Å². The fourth-order valence-electron chi connectivity index (χ4n) is 2.49. The number of thiophene rings is 1. The van der Waals surface area contributed by atoms with Crippen molar-refractivity contribution in [2.75, 3.05) is 0 Å². The number of aryl methyl sites for hydroxylation is 3. The fourth-order valence-corrected chi connectivity index (χ4v) is 3.48. The van der Waals surface area contributed by atoms with Crippen molar-refractivity contribution < 1.29 is 0 Å². The van der Waals surface area contributed by atoms with Gasteiger partial charge in [-0.1, -0.05) is 39.0 Å². The summed E-state index contributed by atoms with van der Waals surface area (Å²) >= 11 is 1.61. The molecule has 0 bridgehead atoms. The lowest BCUT2D eigenvalue weighted by atomic mass is 10.1. The van der Waals surface area contributed by atoms with Crippen LogP contribution in [0.25, 0.3) is 10.2 Å². The fraction of sp³-hybridized carbons (Fsp3) is 0.625. The zero-order chi connectivity index (χ0) is 14.5. The van der Waals surface area contributed by atoms with Gasteiger partial charge in [0.1, 0.15) is 4.83 Å². The summed E-state index contributed by atoms with van der Waals surface area (Å²) in [4.78, 5) is 19.0. The van der Waals surface area contributed by atoms with Crippen LogP contribution in [-0.4, -0.2) is 9.55 Å². The Balaban J connectivity index is 2.02. The molecular formula is C16H24N2OS. The van der Waals surface area contributed by atoms with Gasteiger partial charge in [0.2, 0.25) is 0 Å². The lowest BCUT2D eigenvalue weighted by Gasteiger charge is -2.05. The van der Waals surface area contributed by atoms with Gasteiger partial charge in [0, 0.05) is 11.4 Å². The molecule has 0 atom stereocenters. The molecule has 110 valence electrons. The summed E-state index contributed by atoms with van der Waals surface area (Å²) in [5.41, 5.74) is 1.23. The molecule has 2 aromatic rings. The van der Waals surface area contributed by atoms with E-state index in [1.54, 1.807) is 22.2 Å². The van der Waals surface area contributed by atoms with Crippen LogP contribution in [0.3, 0.4) is 0 Å². The van der Waals surface area contributed by atoms with Gasteiger partial charge in [0.05, 0.1) is 11.7 Å². The third-order valence-corrected chi connectivity index (χ3v) is 5.02. The molecule has 2 aromatic heterocycles. The lowest BCUT2D eigenvalue weighted by Crippen LogP contribution is -2.20. The zero-order valence-corrected chi connectivity index (χ0v) is 13.6. The van der Waals surface area contributed by atoms with Crippen LogP contribution in [0.5, 0.6) is 0 Å². The number of nitrogens with zero attached hydrogens (tertiary/aromatic N) is 2. The molecule has 20 heavy (non-hydrogen) atoms. The van der Waals surface area contributed by atoms with Crippen LogP contribution in [0.2, 0.25) is 0 Å². The van der Waals surface area contributed by atoms with Crippen LogP contribution >= 0.6 is 11.3 Å². The van der Waals surface area contributed by atoms with E-state index in [0.717, 1.165) is 28.7 Å². The maximum absolute atomic E-state index is 12.5. The molecule has 0 amide bonds. The highest BCUT2D eigenvalue weighted by atomic mass is 32.1. The van der Waals surface area contributed by atoms with Crippen LogP contribution in [-0.2, 0) is 6.54 Å². The van der Waals surface area contributed by atoms with Gasteiger partial charge in [-0.3, -0.25) is 9.36 Å². The molecule has 2 rings (SSSR count). The number of rotatable bonds is 7. The molecule has 2 heterocycles. The highest BCUT2D eigenvalue weighted by molar-refractivity contribution is 7.18. The first-order valence-corrected chi connectivity index (χ1v) is 8.42. The largest absolute Gasteiger partial charge is 0.299 e. The molecule has 0 spiro atoms. The van der Waals surface area contributed by atoms with Crippen molar-refractivity contribution >= 4 is 21.6 Å². The summed E-state index contributed by atoms with van der Waals surface area (Å²) in [5, 5.41) is 0.820. The van der Waals surface area contributed by atoms with Gasteiger partial charge < -0.3 is 0 Å². The monoisotopic (exact) mass is 292 g/mol. The van der Waals surface area contributed by atoms with Gasteiger partial charge in [-0.15, -0.1) is 11.3 Å². The Kier molecular flexibility index (Phi) is 5.35. The molecule has 0 unspecified atom stereocenters. The van der Waals surface area contributed by atoms with E-state index in [4.69, 9.17) is 0 Å². The van der Waals surface area contributed by atoms with Crippen molar-refractivity contribution in [3.8, 4) is 0 Å². The molecule has 0 aromatic carbocycles. The average Bonchev–Trinajstić information content (AvgIpc) is 2.72. The highest BCUT2D eigenvalue weighted by Crippen LogP contribution is 2.25. The molecule has 0 saturated carbocycles. The first-order valence-electron chi connectivity index (χ1n) is 7.60. The van der Waals surface area contributed by atoms with Crippen molar-refractivity contribution in [2.45, 2.75) is 65.8 Å². The topological polar surface area (TPSA) is 34.9 Å². The Morgan fingerprint density at radius 3 is 2.60 bits per heavy atom. The second-order valence-corrected chi connectivity index (χ2v) is 6.68. The van der Waals surface area contributed by atoms with Crippen LogP contribution < -0.4 is 5.56 Å². The van der Waals surface area contributed by atoms with E-state index in [-0.39, 0.29) is 5.56 Å². The second-order valence-electron chi connectivity index (χ2n) is 5.47. The summed E-state index contributed by atoms with van der Waals surface area (Å²) < 4.78 is 1.78. The van der Waals surface area contributed by atoms with E-state index in [1.165, 1.54) is 37.0 Å². The lowest BCUT2D eigenvalue weighted by molar-refractivity contribution is 0.547. The number of unbranched alkanes of at least 4 members (excludes halogenated alkanes) is 5. The van der Waals surface area contributed by atoms with E-state index in [9.17, 15) is 4.79 Å². The van der Waals surface area contributed by atoms with Gasteiger partial charge in [-0.2, -0.15) is 0 Å². The molecule has 0 saturated heterocycles. The van der Waals surface area contributed by atoms with Crippen LogP contribution in [0.1, 0.15) is 55.9 Å². The third-order valence-electron chi connectivity index (χ3n) is 3.91. The van der Waals surface area contributed by atoms with Crippen LogP contribution in [0, 0.1) is 13.8 Å². The molecule has 0 fully saturated rings. The summed E-state index contributed by atoms with van der Waals surface area (Å²) in [7, 11) is 0. The molecule has 0 radical (unpaired) electrons. The molecular weight excluding hydrogens is 268 g/mol. The molecule has 0 aliphatic carbocycles. The van der Waals surface area contributed by atoms with Gasteiger partial charge in [0.25, 0.3) is 5.56 Å². The van der Waals surface area contributed by atoms with Crippen molar-refractivity contribution in [3.05, 3.63) is 27.1 Å². The van der Waals surface area contributed by atoms with Gasteiger partial charge in [0.15, 0.2) is 0 Å². The number of hydrogen-bond acceptors (Lipinski definition) is 3. The maximum Gasteiger partial charge on any atom is 0.262 e. The minimum atomic E-state index is 0.130. The van der Waals surface area contributed by atoms with Gasteiger partial charge in [-0.25, -0.2) is 4.98 Å². The SMILES string of the molecule is CCCCCCCCn1cnc2sc(C)c(C)c2c1=O. The third kappa shape index (κ3) is 3.29. The Morgan fingerprint density at radius 2 is 1.85 bits per heavy atom. The maximum atomic E-state index is 12.5. The van der Waals surface area contributed by atoms with Crippen LogP contribution in [0.4, 0.5) is 0 Å². The Hall–Kier alpha value is -1.16. The average molecular weight is 292 g/mol. The van der Waals surface area contributed by atoms with Crippen molar-refractivity contribution in [3.63, 3.8) is 0 Å². The van der Waals surface area contributed by atoms with E-state index < -0.39 is 0 Å². The Morgan fingerprint density at radius 1 is 1.15 bits per heavy atom. The predicted molar refractivity (Wildman–Crippen MR) is 86.7 cm³/mol. The number of aromatic nitrogens is 2. The second kappa shape index (κ2) is 7.02.